The van der Waals surface area contributed by atoms with E-state index in [-0.39, 0.29) is 49.9 Å². The number of carboxylic acid groups (broad SMARTS) is 1. The van der Waals surface area contributed by atoms with Crippen LogP contribution in [-0.4, -0.2) is 29.6 Å². The van der Waals surface area contributed by atoms with Crippen LogP contribution >= 0.6 is 0 Å². The van der Waals surface area contributed by atoms with Gasteiger partial charge in [-0.3, -0.25) is 14.4 Å². The Kier molecular flexibility index (Phi) is 26.7. The Morgan fingerprint density at radius 2 is 1.29 bits per heavy atom. The van der Waals surface area contributed by atoms with E-state index < -0.39 is 11.9 Å². The predicted octanol–water partition coefficient (Wildman–Crippen LogP) is 0.533. The molecule has 0 fully saturated rings. The average molecular weight is 355 g/mol. The molecule has 0 spiro atoms. The zero-order chi connectivity index (χ0) is 17.9. The van der Waals surface area contributed by atoms with Crippen LogP contribution in [0.2, 0.25) is 0 Å². The SMILES string of the molecule is CCCCCCCCCCCC(=O)OC(=O)CC.NCC(=O)O.[H-].[Na+]. The number of unbranched alkanes of at least 4 members (excludes halogenated alkanes) is 8. The van der Waals surface area contributed by atoms with Gasteiger partial charge >= 0.3 is 47.5 Å². The van der Waals surface area contributed by atoms with Crippen molar-refractivity contribution in [3.63, 3.8) is 0 Å². The Bertz CT molecular complexity index is 330. The van der Waals surface area contributed by atoms with E-state index in [1.54, 1.807) is 6.92 Å². The standard InChI is InChI=1S/C15H28O3.C2H5NO2.Na.H/c1-3-5-6-7-8-9-10-11-12-13-15(17)18-14(16)4-2;3-1-2(4)5;;/h3-13H2,1-2H3;1,3H2,(H,4,5);;/q;;+1;-1. The van der Waals surface area contributed by atoms with Gasteiger partial charge in [0.15, 0.2) is 0 Å². The number of esters is 2. The number of nitrogens with two attached hydrogens (primary N) is 1. The molecule has 138 valence electrons. The molecule has 0 amide bonds. The summed E-state index contributed by atoms with van der Waals surface area (Å²) in [5.74, 6) is -1.76. The van der Waals surface area contributed by atoms with Crippen molar-refractivity contribution in [1.82, 2.24) is 0 Å². The number of carbonyl (C=O) groups excluding carboxylic acids is 2. The largest absolute Gasteiger partial charge is 1.00 e. The Labute approximate surface area is 169 Å². The van der Waals surface area contributed by atoms with Gasteiger partial charge in [-0.15, -0.1) is 0 Å². The molecule has 0 aliphatic heterocycles. The van der Waals surface area contributed by atoms with Gasteiger partial charge in [0, 0.05) is 12.8 Å². The second kappa shape index (κ2) is 22.6. The Morgan fingerprint density at radius 3 is 1.67 bits per heavy atom. The van der Waals surface area contributed by atoms with Crippen LogP contribution in [0.25, 0.3) is 0 Å². The van der Waals surface area contributed by atoms with E-state index in [1.807, 2.05) is 0 Å². The van der Waals surface area contributed by atoms with Gasteiger partial charge in [-0.25, -0.2) is 0 Å². The summed E-state index contributed by atoms with van der Waals surface area (Å²) in [7, 11) is 0. The third kappa shape index (κ3) is 26.5. The maximum Gasteiger partial charge on any atom is 1.00 e. The number of carboxylic acids is 1. The number of hydrogen-bond acceptors (Lipinski definition) is 5. The summed E-state index contributed by atoms with van der Waals surface area (Å²) in [6.45, 7) is 3.64. The number of rotatable bonds is 12. The predicted molar refractivity (Wildman–Crippen MR) is 91.0 cm³/mol. The quantitative estimate of drug-likeness (QED) is 0.229. The molecule has 0 aromatic rings. The zero-order valence-electron chi connectivity index (χ0n) is 16.6. The van der Waals surface area contributed by atoms with Crippen LogP contribution in [0.4, 0.5) is 0 Å². The number of aliphatic carboxylic acids is 1. The van der Waals surface area contributed by atoms with Gasteiger partial charge in [0.2, 0.25) is 0 Å². The smallest absolute Gasteiger partial charge is 1.00 e. The first kappa shape index (κ1) is 28.4. The van der Waals surface area contributed by atoms with Gasteiger partial charge in [-0.05, 0) is 6.42 Å². The molecule has 0 rings (SSSR count). The van der Waals surface area contributed by atoms with Gasteiger partial charge < -0.3 is 17.0 Å². The Hall–Kier alpha value is -0.430. The fourth-order valence-corrected chi connectivity index (χ4v) is 1.83. The fraction of sp³-hybridized carbons (Fsp3) is 0.824. The Morgan fingerprint density at radius 1 is 0.875 bits per heavy atom. The van der Waals surface area contributed by atoms with Crippen molar-refractivity contribution < 1.29 is 55.2 Å². The summed E-state index contributed by atoms with van der Waals surface area (Å²) in [5.41, 5.74) is 4.57. The normalized spacial score (nSPS) is 9.29. The molecular formula is C17H34NNaO5. The molecule has 0 saturated heterocycles. The van der Waals surface area contributed by atoms with Gasteiger partial charge in [0.1, 0.15) is 0 Å². The van der Waals surface area contributed by atoms with Crippen LogP contribution < -0.4 is 35.3 Å². The molecule has 0 aromatic carbocycles. The molecule has 3 N–H and O–H groups in total. The first-order chi connectivity index (χ1) is 11.0. The molecule has 0 saturated carbocycles. The van der Waals surface area contributed by atoms with Crippen molar-refractivity contribution in [2.24, 2.45) is 5.73 Å². The average Bonchev–Trinajstić information content (AvgIpc) is 2.53. The summed E-state index contributed by atoms with van der Waals surface area (Å²) < 4.78 is 4.59. The van der Waals surface area contributed by atoms with Gasteiger partial charge in [-0.2, -0.15) is 0 Å². The third-order valence-corrected chi connectivity index (χ3v) is 3.18. The van der Waals surface area contributed by atoms with E-state index in [4.69, 9.17) is 5.11 Å². The first-order valence-electron chi connectivity index (χ1n) is 8.63. The minimum Gasteiger partial charge on any atom is -1.00 e. The molecule has 0 unspecified atom stereocenters. The van der Waals surface area contributed by atoms with Crippen molar-refractivity contribution in [2.75, 3.05) is 6.54 Å². The first-order valence-corrected chi connectivity index (χ1v) is 8.63. The van der Waals surface area contributed by atoms with Crippen LogP contribution in [-0.2, 0) is 19.1 Å². The molecule has 0 aromatic heterocycles. The summed E-state index contributed by atoms with van der Waals surface area (Å²) >= 11 is 0. The number of ether oxygens (including phenoxy) is 1. The molecule has 0 aliphatic rings. The van der Waals surface area contributed by atoms with Crippen molar-refractivity contribution in [1.29, 1.82) is 0 Å². The fourth-order valence-electron chi connectivity index (χ4n) is 1.83. The van der Waals surface area contributed by atoms with Crippen LogP contribution in [0.15, 0.2) is 0 Å². The summed E-state index contributed by atoms with van der Waals surface area (Å²) in [6, 6.07) is 0. The zero-order valence-corrected chi connectivity index (χ0v) is 17.6. The third-order valence-electron chi connectivity index (χ3n) is 3.18. The van der Waals surface area contributed by atoms with E-state index in [0.29, 0.717) is 6.42 Å². The van der Waals surface area contributed by atoms with Gasteiger partial charge in [0.05, 0.1) is 6.54 Å². The second-order valence-corrected chi connectivity index (χ2v) is 5.38. The van der Waals surface area contributed by atoms with Crippen LogP contribution in [0.3, 0.4) is 0 Å². The molecule has 24 heavy (non-hydrogen) atoms. The van der Waals surface area contributed by atoms with E-state index in [1.165, 1.54) is 44.9 Å². The van der Waals surface area contributed by atoms with E-state index in [2.05, 4.69) is 17.4 Å². The maximum atomic E-state index is 11.2. The van der Waals surface area contributed by atoms with Crippen molar-refractivity contribution in [3.8, 4) is 0 Å². The monoisotopic (exact) mass is 355 g/mol. The second-order valence-electron chi connectivity index (χ2n) is 5.38. The summed E-state index contributed by atoms with van der Waals surface area (Å²) in [5, 5.41) is 7.60. The maximum absolute atomic E-state index is 11.2. The summed E-state index contributed by atoms with van der Waals surface area (Å²) in [4.78, 5) is 31.3. The van der Waals surface area contributed by atoms with Crippen LogP contribution in [0.1, 0.15) is 85.9 Å². The van der Waals surface area contributed by atoms with Crippen molar-refractivity contribution in [3.05, 3.63) is 0 Å². The molecule has 6 nitrogen and oxygen atoms in total. The van der Waals surface area contributed by atoms with Crippen molar-refractivity contribution >= 4 is 17.9 Å². The minimum atomic E-state index is -0.968. The molecule has 0 atom stereocenters. The van der Waals surface area contributed by atoms with Crippen molar-refractivity contribution in [2.45, 2.75) is 84.5 Å². The minimum absolute atomic E-state index is 0. The van der Waals surface area contributed by atoms with Crippen LogP contribution in [0.5, 0.6) is 0 Å². The topological polar surface area (TPSA) is 107 Å². The number of carbonyl (C=O) groups is 3. The van der Waals surface area contributed by atoms with E-state index >= 15 is 0 Å². The molecule has 0 aliphatic carbocycles. The van der Waals surface area contributed by atoms with Crippen LogP contribution in [0, 0.1) is 0 Å². The molecule has 0 heterocycles. The molecular weight excluding hydrogens is 321 g/mol. The van der Waals surface area contributed by atoms with E-state index in [0.717, 1.165) is 12.8 Å². The Balaban J connectivity index is -0.000000276. The summed E-state index contributed by atoms with van der Waals surface area (Å²) in [6.07, 6.45) is 11.6. The molecule has 7 heteroatoms. The van der Waals surface area contributed by atoms with Gasteiger partial charge in [-0.1, -0.05) is 65.2 Å². The molecule has 0 radical (unpaired) electrons. The van der Waals surface area contributed by atoms with Gasteiger partial charge in [0.25, 0.3) is 0 Å². The number of hydrogen-bond donors (Lipinski definition) is 2. The molecule has 0 bridgehead atoms. The van der Waals surface area contributed by atoms with E-state index in [9.17, 15) is 14.4 Å².